The molecule has 1 fully saturated rings. The van der Waals surface area contributed by atoms with E-state index in [2.05, 4.69) is 15.5 Å². The summed E-state index contributed by atoms with van der Waals surface area (Å²) in [5.74, 6) is -0.236. The van der Waals surface area contributed by atoms with Crippen molar-refractivity contribution in [1.29, 1.82) is 0 Å². The van der Waals surface area contributed by atoms with Gasteiger partial charge in [0.25, 0.3) is 0 Å². The zero-order chi connectivity index (χ0) is 21.1. The molecular formula is C20H23N5O3S2. The number of fused-ring (bicyclic) bond motifs is 1. The van der Waals surface area contributed by atoms with Crippen LogP contribution in [0.5, 0.6) is 0 Å². The van der Waals surface area contributed by atoms with E-state index in [0.29, 0.717) is 29.6 Å². The highest BCUT2D eigenvalue weighted by Gasteiger charge is 2.26. The number of nitrogens with zero attached hydrogens (tertiary/aromatic N) is 4. The molecule has 30 heavy (non-hydrogen) atoms. The Labute approximate surface area is 179 Å². The van der Waals surface area contributed by atoms with Crippen LogP contribution in [0.25, 0.3) is 5.65 Å². The molecule has 4 rings (SSSR count). The fourth-order valence-electron chi connectivity index (χ4n) is 3.34. The van der Waals surface area contributed by atoms with Gasteiger partial charge in [-0.2, -0.15) is 4.31 Å². The van der Waals surface area contributed by atoms with Crippen LogP contribution >= 0.6 is 11.8 Å². The lowest BCUT2D eigenvalue weighted by Gasteiger charge is -2.26. The number of amides is 1. The summed E-state index contributed by atoms with van der Waals surface area (Å²) in [4.78, 5) is 12.9. The van der Waals surface area contributed by atoms with Crippen molar-refractivity contribution < 1.29 is 13.2 Å². The van der Waals surface area contributed by atoms with Gasteiger partial charge in [0.1, 0.15) is 0 Å². The van der Waals surface area contributed by atoms with Crippen LogP contribution in [0.3, 0.4) is 0 Å². The number of anilines is 1. The number of sulfonamides is 1. The second-order valence-electron chi connectivity index (χ2n) is 7.15. The molecular weight excluding hydrogens is 422 g/mol. The predicted octanol–water partition coefficient (Wildman–Crippen LogP) is 3.02. The number of carbonyl (C=O) groups is 1. The molecule has 158 valence electrons. The van der Waals surface area contributed by atoms with Gasteiger partial charge in [-0.3, -0.25) is 9.20 Å². The molecule has 3 aromatic rings. The number of carbonyl (C=O) groups excluding carboxylic acids is 1. The third-order valence-electron chi connectivity index (χ3n) is 4.99. The number of pyridine rings is 1. The van der Waals surface area contributed by atoms with E-state index in [1.54, 1.807) is 25.1 Å². The van der Waals surface area contributed by atoms with Gasteiger partial charge in [0.2, 0.25) is 15.9 Å². The van der Waals surface area contributed by atoms with Gasteiger partial charge >= 0.3 is 0 Å². The van der Waals surface area contributed by atoms with Crippen LogP contribution < -0.4 is 5.32 Å². The third-order valence-corrected chi connectivity index (χ3v) is 7.94. The number of rotatable bonds is 6. The first-order valence-electron chi connectivity index (χ1n) is 9.83. The van der Waals surface area contributed by atoms with Crippen molar-refractivity contribution in [1.82, 2.24) is 18.9 Å². The SMILES string of the molecule is CC(Sc1nnc2ccccn12)C(=O)Nc1cccc(S(=O)(=O)N2CCCCC2)c1. The Bertz CT molecular complexity index is 1160. The first-order chi connectivity index (χ1) is 14.4. The van der Waals surface area contributed by atoms with Crippen molar-refractivity contribution in [3.8, 4) is 0 Å². The van der Waals surface area contributed by atoms with E-state index in [9.17, 15) is 13.2 Å². The van der Waals surface area contributed by atoms with Crippen LogP contribution in [0.15, 0.2) is 58.7 Å². The Morgan fingerprint density at radius 3 is 2.70 bits per heavy atom. The summed E-state index contributed by atoms with van der Waals surface area (Å²) in [6, 6.07) is 12.0. The van der Waals surface area contributed by atoms with E-state index < -0.39 is 15.3 Å². The number of aromatic nitrogens is 3. The number of thioether (sulfide) groups is 1. The molecule has 1 atom stereocenters. The van der Waals surface area contributed by atoms with Gasteiger partial charge in [-0.25, -0.2) is 8.42 Å². The zero-order valence-corrected chi connectivity index (χ0v) is 18.2. The van der Waals surface area contributed by atoms with E-state index in [4.69, 9.17) is 0 Å². The van der Waals surface area contributed by atoms with Crippen LogP contribution in [0, 0.1) is 0 Å². The molecule has 1 N–H and O–H groups in total. The molecule has 0 aliphatic carbocycles. The van der Waals surface area contributed by atoms with Crippen LogP contribution in [0.4, 0.5) is 5.69 Å². The molecule has 1 aromatic carbocycles. The van der Waals surface area contributed by atoms with Crippen molar-refractivity contribution in [3.05, 3.63) is 48.7 Å². The Balaban J connectivity index is 1.46. The largest absolute Gasteiger partial charge is 0.325 e. The highest BCUT2D eigenvalue weighted by Crippen LogP contribution is 2.25. The van der Waals surface area contributed by atoms with E-state index in [-0.39, 0.29) is 10.8 Å². The van der Waals surface area contributed by atoms with Crippen molar-refractivity contribution in [2.24, 2.45) is 0 Å². The lowest BCUT2D eigenvalue weighted by atomic mass is 10.2. The molecule has 1 unspecified atom stereocenters. The summed E-state index contributed by atoms with van der Waals surface area (Å²) in [5, 5.41) is 11.2. The molecule has 10 heteroatoms. The van der Waals surface area contributed by atoms with E-state index in [1.165, 1.54) is 22.1 Å². The molecule has 0 saturated carbocycles. The lowest BCUT2D eigenvalue weighted by Crippen LogP contribution is -2.35. The first-order valence-corrected chi connectivity index (χ1v) is 12.1. The molecule has 0 bridgehead atoms. The minimum Gasteiger partial charge on any atom is -0.325 e. The third kappa shape index (κ3) is 4.35. The van der Waals surface area contributed by atoms with Crippen molar-refractivity contribution >= 4 is 39.0 Å². The van der Waals surface area contributed by atoms with Gasteiger partial charge in [0.15, 0.2) is 10.8 Å². The fourth-order valence-corrected chi connectivity index (χ4v) is 5.75. The minimum absolute atomic E-state index is 0.200. The monoisotopic (exact) mass is 445 g/mol. The van der Waals surface area contributed by atoms with Gasteiger partial charge in [-0.05, 0) is 50.1 Å². The molecule has 3 heterocycles. The van der Waals surface area contributed by atoms with Crippen LogP contribution in [-0.4, -0.2) is 51.6 Å². The summed E-state index contributed by atoms with van der Waals surface area (Å²) >= 11 is 1.29. The van der Waals surface area contributed by atoms with E-state index >= 15 is 0 Å². The van der Waals surface area contributed by atoms with Gasteiger partial charge in [0, 0.05) is 25.0 Å². The maximum Gasteiger partial charge on any atom is 0.243 e. The normalized spacial score (nSPS) is 16.4. The summed E-state index contributed by atoms with van der Waals surface area (Å²) in [6.07, 6.45) is 4.65. The van der Waals surface area contributed by atoms with Crippen LogP contribution in [0.1, 0.15) is 26.2 Å². The number of hydrogen-bond acceptors (Lipinski definition) is 6. The van der Waals surface area contributed by atoms with Gasteiger partial charge < -0.3 is 5.32 Å². The summed E-state index contributed by atoms with van der Waals surface area (Å²) < 4.78 is 29.1. The maximum absolute atomic E-state index is 12.9. The molecule has 1 saturated heterocycles. The smallest absolute Gasteiger partial charge is 0.243 e. The average Bonchev–Trinajstić information content (AvgIpc) is 3.17. The second kappa shape index (κ2) is 8.75. The van der Waals surface area contributed by atoms with Crippen molar-refractivity contribution in [2.75, 3.05) is 18.4 Å². The Hall–Kier alpha value is -2.43. The molecule has 1 aliphatic rings. The molecule has 0 spiro atoms. The molecule has 1 amide bonds. The van der Waals surface area contributed by atoms with E-state index in [0.717, 1.165) is 19.3 Å². The van der Waals surface area contributed by atoms with E-state index in [1.807, 2.05) is 28.8 Å². The fraction of sp³-hybridized carbons (Fsp3) is 0.350. The maximum atomic E-state index is 12.9. The summed E-state index contributed by atoms with van der Waals surface area (Å²) in [6.45, 7) is 2.86. The number of benzene rings is 1. The quantitative estimate of drug-likeness (QED) is 0.586. The van der Waals surface area contributed by atoms with Gasteiger partial charge in [0.05, 0.1) is 10.1 Å². The molecule has 2 aromatic heterocycles. The van der Waals surface area contributed by atoms with Gasteiger partial charge in [-0.15, -0.1) is 10.2 Å². The molecule has 1 aliphatic heterocycles. The molecule has 8 nitrogen and oxygen atoms in total. The Morgan fingerprint density at radius 1 is 1.10 bits per heavy atom. The highest BCUT2D eigenvalue weighted by molar-refractivity contribution is 8.00. The first kappa shape index (κ1) is 20.8. The number of nitrogens with one attached hydrogen (secondary N) is 1. The number of piperidine rings is 1. The Morgan fingerprint density at radius 2 is 1.90 bits per heavy atom. The van der Waals surface area contributed by atoms with Crippen molar-refractivity contribution in [2.45, 2.75) is 41.5 Å². The average molecular weight is 446 g/mol. The second-order valence-corrected chi connectivity index (χ2v) is 10.4. The van der Waals surface area contributed by atoms with Gasteiger partial charge in [-0.1, -0.05) is 30.3 Å². The Kier molecular flexibility index (Phi) is 6.07. The van der Waals surface area contributed by atoms with Crippen molar-refractivity contribution in [3.63, 3.8) is 0 Å². The topological polar surface area (TPSA) is 96.7 Å². The predicted molar refractivity (Wildman–Crippen MR) is 116 cm³/mol. The zero-order valence-electron chi connectivity index (χ0n) is 16.6. The number of hydrogen-bond donors (Lipinski definition) is 1. The molecule has 0 radical (unpaired) electrons. The van der Waals surface area contributed by atoms with Crippen LogP contribution in [0.2, 0.25) is 0 Å². The summed E-state index contributed by atoms with van der Waals surface area (Å²) in [7, 11) is -3.55. The summed E-state index contributed by atoms with van der Waals surface area (Å²) in [5.41, 5.74) is 1.17. The minimum atomic E-state index is -3.55. The standard InChI is InChI=1S/C20H23N5O3S2/c1-15(29-20-23-22-18-10-3-6-13-25(18)20)19(26)21-16-8-7-9-17(14-16)30(27,28)24-11-4-2-5-12-24/h3,6-10,13-15H,2,4-5,11-12H2,1H3,(H,21,26). The van der Waals surface area contributed by atoms with Crippen LogP contribution in [-0.2, 0) is 14.8 Å². The lowest BCUT2D eigenvalue weighted by molar-refractivity contribution is -0.115. The highest BCUT2D eigenvalue weighted by atomic mass is 32.2.